The summed E-state index contributed by atoms with van der Waals surface area (Å²) in [6, 6.07) is 1.56. The number of hydrogen-bond acceptors (Lipinski definition) is 7. The van der Waals surface area contributed by atoms with Crippen molar-refractivity contribution in [1.29, 1.82) is 0 Å². The minimum Gasteiger partial charge on any atom is -0.387 e. The third-order valence-electron chi connectivity index (χ3n) is 2.66. The van der Waals surface area contributed by atoms with E-state index in [4.69, 9.17) is 0 Å². The maximum absolute atomic E-state index is 12.3. The minimum atomic E-state index is -3.83. The lowest BCUT2D eigenvalue weighted by Gasteiger charge is -2.10. The lowest BCUT2D eigenvalue weighted by atomic mass is 10.4. The summed E-state index contributed by atoms with van der Waals surface area (Å²) in [4.78, 5) is 7.87. The van der Waals surface area contributed by atoms with Crippen LogP contribution >= 0.6 is 0 Å². The van der Waals surface area contributed by atoms with E-state index >= 15 is 0 Å². The predicted molar refractivity (Wildman–Crippen MR) is 73.9 cm³/mol. The molecule has 2 heterocycles. The molecule has 0 saturated carbocycles. The summed E-state index contributed by atoms with van der Waals surface area (Å²) in [5.74, 6) is -0.0704. The second-order valence-electron chi connectivity index (χ2n) is 4.03. The van der Waals surface area contributed by atoms with E-state index in [2.05, 4.69) is 30.2 Å². The molecule has 2 N–H and O–H groups in total. The predicted octanol–water partition coefficient (Wildman–Crippen LogP) is 0.726. The average Bonchev–Trinajstić information content (AvgIpc) is 2.42. The topological polar surface area (TPSA) is 110 Å². The van der Waals surface area contributed by atoms with Crippen LogP contribution in [0.2, 0.25) is 0 Å². The van der Waals surface area contributed by atoms with E-state index in [1.165, 1.54) is 12.4 Å². The highest BCUT2D eigenvalue weighted by Crippen LogP contribution is 2.20. The van der Waals surface area contributed by atoms with E-state index in [-0.39, 0.29) is 10.8 Å². The number of aromatic nitrogens is 4. The molecule has 0 fully saturated rings. The van der Waals surface area contributed by atoms with E-state index in [1.807, 2.05) is 0 Å². The Kier molecular flexibility index (Phi) is 3.79. The molecule has 0 aliphatic heterocycles. The third-order valence-corrected chi connectivity index (χ3v) is 4.02. The number of aryl methyl sites for hydroxylation is 2. The molecule has 0 spiro atoms. The first-order valence-electron chi connectivity index (χ1n) is 5.76. The molecule has 106 valence electrons. The zero-order valence-electron chi connectivity index (χ0n) is 11.2. The average molecular weight is 294 g/mol. The van der Waals surface area contributed by atoms with E-state index in [0.29, 0.717) is 17.1 Å². The van der Waals surface area contributed by atoms with E-state index < -0.39 is 10.0 Å². The Morgan fingerprint density at radius 3 is 2.55 bits per heavy atom. The van der Waals surface area contributed by atoms with Crippen molar-refractivity contribution in [2.45, 2.75) is 18.7 Å². The molecular formula is C11H14N6O2S. The first-order chi connectivity index (χ1) is 9.44. The highest BCUT2D eigenvalue weighted by molar-refractivity contribution is 7.92. The second-order valence-corrected chi connectivity index (χ2v) is 5.68. The number of nitrogens with zero attached hydrogens (tertiary/aromatic N) is 4. The Labute approximate surface area is 116 Å². The molecule has 0 radical (unpaired) electrons. The van der Waals surface area contributed by atoms with E-state index in [9.17, 15) is 8.42 Å². The highest BCUT2D eigenvalue weighted by atomic mass is 32.2. The summed E-state index contributed by atoms with van der Waals surface area (Å²) < 4.78 is 26.8. The van der Waals surface area contributed by atoms with Gasteiger partial charge in [0.1, 0.15) is 4.90 Å². The van der Waals surface area contributed by atoms with Gasteiger partial charge < -0.3 is 5.32 Å². The van der Waals surface area contributed by atoms with Gasteiger partial charge in [0.25, 0.3) is 16.0 Å². The molecule has 0 atom stereocenters. The first kappa shape index (κ1) is 14.1. The Bertz CT molecular complexity index is 731. The standard InChI is InChI=1S/C11H14N6O2S/c1-7-8(2)15-16-11(14-7)17-20(18,19)10-6-13-5-4-9(10)12-3/h4-6H,1-3H3,(H,12,13)(H,14,16,17). The largest absolute Gasteiger partial charge is 0.387 e. The Balaban J connectivity index is 2.38. The van der Waals surface area contributed by atoms with Crippen molar-refractivity contribution in [2.24, 2.45) is 0 Å². The van der Waals surface area contributed by atoms with Crippen molar-refractivity contribution >= 4 is 21.7 Å². The fourth-order valence-corrected chi connectivity index (χ4v) is 2.57. The molecule has 0 aliphatic rings. The molecule has 0 bridgehead atoms. The van der Waals surface area contributed by atoms with Gasteiger partial charge in [0.15, 0.2) is 0 Å². The quantitative estimate of drug-likeness (QED) is 0.855. The normalized spacial score (nSPS) is 11.2. The van der Waals surface area contributed by atoms with E-state index in [0.717, 1.165) is 0 Å². The Morgan fingerprint density at radius 2 is 1.90 bits per heavy atom. The van der Waals surface area contributed by atoms with Crippen LogP contribution in [-0.4, -0.2) is 35.6 Å². The van der Waals surface area contributed by atoms with Gasteiger partial charge in [-0.1, -0.05) is 0 Å². The van der Waals surface area contributed by atoms with Gasteiger partial charge in [-0.25, -0.2) is 18.1 Å². The fraction of sp³-hybridized carbons (Fsp3) is 0.273. The van der Waals surface area contributed by atoms with Gasteiger partial charge in [0.05, 0.1) is 17.1 Å². The van der Waals surface area contributed by atoms with Crippen molar-refractivity contribution in [2.75, 3.05) is 17.1 Å². The van der Waals surface area contributed by atoms with Gasteiger partial charge in [0, 0.05) is 19.4 Å². The van der Waals surface area contributed by atoms with Crippen molar-refractivity contribution in [3.05, 3.63) is 29.8 Å². The smallest absolute Gasteiger partial charge is 0.267 e. The summed E-state index contributed by atoms with van der Waals surface area (Å²) in [5.41, 5.74) is 1.69. The third kappa shape index (κ3) is 2.82. The zero-order chi connectivity index (χ0) is 14.8. The lowest BCUT2D eigenvalue weighted by Crippen LogP contribution is -2.17. The van der Waals surface area contributed by atoms with Crippen molar-refractivity contribution < 1.29 is 8.42 Å². The molecule has 0 saturated heterocycles. The van der Waals surface area contributed by atoms with Crippen LogP contribution in [0.1, 0.15) is 11.4 Å². The van der Waals surface area contributed by atoms with Crippen LogP contribution in [-0.2, 0) is 10.0 Å². The lowest BCUT2D eigenvalue weighted by molar-refractivity contribution is 0.600. The summed E-state index contributed by atoms with van der Waals surface area (Å²) in [7, 11) is -2.20. The molecule has 9 heteroatoms. The second kappa shape index (κ2) is 5.37. The Morgan fingerprint density at radius 1 is 1.15 bits per heavy atom. The van der Waals surface area contributed by atoms with Crippen LogP contribution in [0.15, 0.2) is 23.4 Å². The summed E-state index contributed by atoms with van der Waals surface area (Å²) >= 11 is 0. The summed E-state index contributed by atoms with van der Waals surface area (Å²) in [6.07, 6.45) is 2.75. The first-order valence-corrected chi connectivity index (χ1v) is 7.25. The molecule has 0 unspecified atom stereocenters. The van der Waals surface area contributed by atoms with Gasteiger partial charge in [-0.3, -0.25) is 4.98 Å². The van der Waals surface area contributed by atoms with Crippen LogP contribution in [0.25, 0.3) is 0 Å². The van der Waals surface area contributed by atoms with Crippen molar-refractivity contribution in [3.8, 4) is 0 Å². The van der Waals surface area contributed by atoms with Crippen LogP contribution in [0.4, 0.5) is 11.6 Å². The number of pyridine rings is 1. The molecule has 2 rings (SSSR count). The molecule has 0 aromatic carbocycles. The SMILES string of the molecule is CNc1ccncc1S(=O)(=O)Nc1nnc(C)c(C)n1. The van der Waals surface area contributed by atoms with E-state index in [1.54, 1.807) is 27.0 Å². The summed E-state index contributed by atoms with van der Waals surface area (Å²) in [5, 5.41) is 10.3. The highest BCUT2D eigenvalue weighted by Gasteiger charge is 2.20. The van der Waals surface area contributed by atoms with Crippen LogP contribution in [0, 0.1) is 13.8 Å². The fourth-order valence-electron chi connectivity index (χ4n) is 1.48. The van der Waals surface area contributed by atoms with Crippen molar-refractivity contribution in [1.82, 2.24) is 20.2 Å². The summed E-state index contributed by atoms with van der Waals surface area (Å²) in [6.45, 7) is 3.47. The number of hydrogen-bond donors (Lipinski definition) is 2. The van der Waals surface area contributed by atoms with Crippen LogP contribution in [0.3, 0.4) is 0 Å². The molecule has 0 aliphatic carbocycles. The molecule has 0 amide bonds. The molecule has 8 nitrogen and oxygen atoms in total. The van der Waals surface area contributed by atoms with Gasteiger partial charge in [-0.05, 0) is 19.9 Å². The Hall–Kier alpha value is -2.29. The monoisotopic (exact) mass is 294 g/mol. The number of anilines is 2. The van der Waals surface area contributed by atoms with Crippen LogP contribution in [0.5, 0.6) is 0 Å². The van der Waals surface area contributed by atoms with Gasteiger partial charge in [-0.15, -0.1) is 5.10 Å². The van der Waals surface area contributed by atoms with Gasteiger partial charge in [0.2, 0.25) is 0 Å². The number of rotatable bonds is 4. The van der Waals surface area contributed by atoms with Crippen LogP contribution < -0.4 is 10.0 Å². The number of nitrogens with one attached hydrogen (secondary N) is 2. The zero-order valence-corrected chi connectivity index (χ0v) is 12.1. The van der Waals surface area contributed by atoms with Crippen molar-refractivity contribution in [3.63, 3.8) is 0 Å². The minimum absolute atomic E-state index is 0.0179. The number of sulfonamides is 1. The maximum Gasteiger partial charge on any atom is 0.267 e. The molecular weight excluding hydrogens is 280 g/mol. The molecule has 20 heavy (non-hydrogen) atoms. The van der Waals surface area contributed by atoms with Gasteiger partial charge >= 0.3 is 0 Å². The maximum atomic E-state index is 12.3. The molecule has 2 aromatic rings. The molecule has 2 aromatic heterocycles. The van der Waals surface area contributed by atoms with Gasteiger partial charge in [-0.2, -0.15) is 5.10 Å².